The number of nitrogens with one attached hydrogen (secondary N) is 1. The van der Waals surface area contributed by atoms with Crippen LogP contribution in [0.5, 0.6) is 11.5 Å². The predicted octanol–water partition coefficient (Wildman–Crippen LogP) is 3.12. The van der Waals surface area contributed by atoms with Gasteiger partial charge < -0.3 is 19.5 Å². The SMILES string of the molecule is COc1ccc(Cc2nc3c(ncn3N(C)CCCC(C)(C)C)c(=O)[nH]2)cc1OC. The highest BCUT2D eigenvalue weighted by atomic mass is 16.5. The van der Waals surface area contributed by atoms with E-state index >= 15 is 0 Å². The molecule has 0 unspecified atom stereocenters. The monoisotopic (exact) mass is 413 g/mol. The summed E-state index contributed by atoms with van der Waals surface area (Å²) in [7, 11) is 5.19. The summed E-state index contributed by atoms with van der Waals surface area (Å²) in [5.74, 6) is 1.87. The quantitative estimate of drug-likeness (QED) is 0.611. The molecule has 0 amide bonds. The van der Waals surface area contributed by atoms with E-state index in [1.54, 1.807) is 20.5 Å². The fourth-order valence-corrected chi connectivity index (χ4v) is 3.41. The van der Waals surface area contributed by atoms with E-state index in [0.29, 0.717) is 40.3 Å². The smallest absolute Gasteiger partial charge is 0.279 e. The van der Waals surface area contributed by atoms with E-state index in [4.69, 9.17) is 14.5 Å². The Bertz CT molecular complexity index is 1060. The fraction of sp³-hybridized carbons (Fsp3) is 0.500. The van der Waals surface area contributed by atoms with E-state index in [9.17, 15) is 4.79 Å². The van der Waals surface area contributed by atoms with Gasteiger partial charge in [0.1, 0.15) is 12.2 Å². The fourth-order valence-electron chi connectivity index (χ4n) is 3.41. The second-order valence-corrected chi connectivity index (χ2v) is 8.69. The van der Waals surface area contributed by atoms with E-state index in [0.717, 1.165) is 24.9 Å². The van der Waals surface area contributed by atoms with Crippen molar-refractivity contribution in [2.24, 2.45) is 5.41 Å². The van der Waals surface area contributed by atoms with Crippen LogP contribution in [0.1, 0.15) is 45.0 Å². The van der Waals surface area contributed by atoms with Gasteiger partial charge in [0.25, 0.3) is 5.56 Å². The first-order valence-electron chi connectivity index (χ1n) is 10.1. The Labute approximate surface area is 176 Å². The number of ether oxygens (including phenoxy) is 2. The van der Waals surface area contributed by atoms with Gasteiger partial charge in [0.05, 0.1) is 14.2 Å². The van der Waals surface area contributed by atoms with Crippen molar-refractivity contribution in [3.63, 3.8) is 0 Å². The van der Waals surface area contributed by atoms with Gasteiger partial charge in [-0.2, -0.15) is 0 Å². The highest BCUT2D eigenvalue weighted by Gasteiger charge is 2.15. The number of H-pyrrole nitrogens is 1. The van der Waals surface area contributed by atoms with Gasteiger partial charge in [-0.05, 0) is 36.0 Å². The second kappa shape index (κ2) is 8.77. The molecular weight excluding hydrogens is 382 g/mol. The van der Waals surface area contributed by atoms with Crippen molar-refractivity contribution >= 4 is 11.2 Å². The van der Waals surface area contributed by atoms with Crippen LogP contribution in [0.25, 0.3) is 11.2 Å². The van der Waals surface area contributed by atoms with Gasteiger partial charge in [0, 0.05) is 20.0 Å². The molecule has 0 radical (unpaired) electrons. The van der Waals surface area contributed by atoms with Crippen LogP contribution < -0.4 is 20.0 Å². The molecule has 1 aromatic carbocycles. The van der Waals surface area contributed by atoms with Crippen LogP contribution in [0.3, 0.4) is 0 Å². The Balaban J connectivity index is 1.86. The Morgan fingerprint density at radius 1 is 1.17 bits per heavy atom. The van der Waals surface area contributed by atoms with Crippen molar-refractivity contribution in [1.82, 2.24) is 19.6 Å². The third-order valence-corrected chi connectivity index (χ3v) is 5.03. The summed E-state index contributed by atoms with van der Waals surface area (Å²) >= 11 is 0. The number of aromatic amines is 1. The number of benzene rings is 1. The molecule has 8 nitrogen and oxygen atoms in total. The van der Waals surface area contributed by atoms with Gasteiger partial charge in [-0.3, -0.25) is 4.79 Å². The number of methoxy groups -OCH3 is 2. The van der Waals surface area contributed by atoms with Gasteiger partial charge in [-0.25, -0.2) is 14.6 Å². The maximum atomic E-state index is 12.6. The van der Waals surface area contributed by atoms with Crippen LogP contribution in [0.2, 0.25) is 0 Å². The maximum Gasteiger partial charge on any atom is 0.279 e. The Morgan fingerprint density at radius 2 is 1.90 bits per heavy atom. The molecule has 1 N–H and O–H groups in total. The number of aromatic nitrogens is 4. The van der Waals surface area contributed by atoms with Crippen molar-refractivity contribution in [2.75, 3.05) is 32.8 Å². The maximum absolute atomic E-state index is 12.6. The van der Waals surface area contributed by atoms with Crippen molar-refractivity contribution in [3.05, 3.63) is 46.3 Å². The third kappa shape index (κ3) is 4.93. The Kier molecular flexibility index (Phi) is 6.34. The van der Waals surface area contributed by atoms with Crippen molar-refractivity contribution < 1.29 is 9.47 Å². The Morgan fingerprint density at radius 3 is 2.57 bits per heavy atom. The number of hydrogen-bond acceptors (Lipinski definition) is 6. The van der Waals surface area contributed by atoms with E-state index in [1.165, 1.54) is 0 Å². The van der Waals surface area contributed by atoms with Gasteiger partial charge in [0.15, 0.2) is 22.7 Å². The number of nitrogens with zero attached hydrogens (tertiary/aromatic N) is 4. The molecule has 0 atom stereocenters. The zero-order chi connectivity index (χ0) is 21.9. The van der Waals surface area contributed by atoms with Crippen molar-refractivity contribution in [3.8, 4) is 11.5 Å². The predicted molar refractivity (Wildman–Crippen MR) is 118 cm³/mol. The average Bonchev–Trinajstić information content (AvgIpc) is 3.11. The minimum Gasteiger partial charge on any atom is -0.493 e. The summed E-state index contributed by atoms with van der Waals surface area (Å²) in [6.45, 7) is 7.56. The summed E-state index contributed by atoms with van der Waals surface area (Å²) in [6, 6.07) is 5.67. The molecule has 0 aliphatic rings. The molecule has 3 rings (SSSR count). The molecule has 0 saturated heterocycles. The van der Waals surface area contributed by atoms with E-state index in [1.807, 2.05) is 34.9 Å². The van der Waals surface area contributed by atoms with Gasteiger partial charge in [-0.1, -0.05) is 26.8 Å². The number of fused-ring (bicyclic) bond motifs is 1. The summed E-state index contributed by atoms with van der Waals surface area (Å²) < 4.78 is 12.5. The first kappa shape index (κ1) is 21.7. The summed E-state index contributed by atoms with van der Waals surface area (Å²) in [5, 5.41) is 2.05. The van der Waals surface area contributed by atoms with E-state index in [2.05, 4.69) is 30.7 Å². The van der Waals surface area contributed by atoms with Crippen molar-refractivity contribution in [1.29, 1.82) is 0 Å². The van der Waals surface area contributed by atoms with Crippen LogP contribution >= 0.6 is 0 Å². The number of hydrogen-bond donors (Lipinski definition) is 1. The first-order valence-corrected chi connectivity index (χ1v) is 10.1. The van der Waals surface area contributed by atoms with Crippen LogP contribution in [-0.2, 0) is 6.42 Å². The van der Waals surface area contributed by atoms with Gasteiger partial charge in [-0.15, -0.1) is 0 Å². The van der Waals surface area contributed by atoms with Gasteiger partial charge in [0.2, 0.25) is 0 Å². The topological polar surface area (TPSA) is 85.3 Å². The third-order valence-electron chi connectivity index (χ3n) is 5.03. The zero-order valence-electron chi connectivity index (χ0n) is 18.7. The number of rotatable bonds is 8. The molecule has 0 saturated carbocycles. The lowest BCUT2D eigenvalue weighted by Gasteiger charge is -2.23. The normalized spacial score (nSPS) is 11.7. The highest BCUT2D eigenvalue weighted by Crippen LogP contribution is 2.28. The summed E-state index contributed by atoms with van der Waals surface area (Å²) in [6.07, 6.45) is 4.28. The molecule has 162 valence electrons. The standard InChI is InChI=1S/C22H31N5O3/c1-22(2,3)10-7-11-26(4)27-14-23-19-20(27)24-18(25-21(19)28)13-15-8-9-16(29-5)17(12-15)30-6/h8-9,12,14H,7,10-11,13H2,1-6H3,(H,24,25,28). The summed E-state index contributed by atoms with van der Waals surface area (Å²) in [4.78, 5) is 24.4. The van der Waals surface area contributed by atoms with E-state index < -0.39 is 0 Å². The lowest BCUT2D eigenvalue weighted by Crippen LogP contribution is -2.31. The average molecular weight is 414 g/mol. The molecule has 2 heterocycles. The van der Waals surface area contributed by atoms with Crippen molar-refractivity contribution in [2.45, 2.75) is 40.0 Å². The minimum absolute atomic E-state index is 0.239. The number of imidazole rings is 1. The van der Waals surface area contributed by atoms with Crippen LogP contribution in [0, 0.1) is 5.41 Å². The molecular formula is C22H31N5O3. The van der Waals surface area contributed by atoms with Crippen LogP contribution in [-0.4, -0.2) is 47.4 Å². The van der Waals surface area contributed by atoms with E-state index in [-0.39, 0.29) is 5.56 Å². The van der Waals surface area contributed by atoms with Gasteiger partial charge >= 0.3 is 0 Å². The molecule has 0 spiro atoms. The zero-order valence-corrected chi connectivity index (χ0v) is 18.7. The molecule has 0 bridgehead atoms. The summed E-state index contributed by atoms with van der Waals surface area (Å²) in [5.41, 5.74) is 1.91. The lowest BCUT2D eigenvalue weighted by molar-refractivity contribution is 0.354. The van der Waals surface area contributed by atoms with Crippen LogP contribution in [0.15, 0.2) is 29.3 Å². The van der Waals surface area contributed by atoms with Crippen LogP contribution in [0.4, 0.5) is 0 Å². The first-order chi connectivity index (χ1) is 14.2. The Hall–Kier alpha value is -3.03. The molecule has 0 fully saturated rings. The lowest BCUT2D eigenvalue weighted by atomic mass is 9.91. The molecule has 0 aliphatic heterocycles. The highest BCUT2D eigenvalue weighted by molar-refractivity contribution is 5.69. The largest absolute Gasteiger partial charge is 0.493 e. The molecule has 0 aliphatic carbocycles. The minimum atomic E-state index is -0.239. The second-order valence-electron chi connectivity index (χ2n) is 8.69. The molecule has 2 aromatic heterocycles. The molecule has 3 aromatic rings. The molecule has 8 heteroatoms. The molecule has 30 heavy (non-hydrogen) atoms.